The largest absolute Gasteiger partial charge is 0.350 e. The number of ether oxygens (including phenoxy) is 4. The smallest absolute Gasteiger partial charge is 0.226 e. The molecule has 28 heavy (non-hydrogen) atoms. The standard InChI is InChI=1S/C23H32O5/c1-20-8-5-16(24)11-15(20)3-4-17-18(20)6-9-21(2)19(17)7-10-22(21)23(28-14-26-22)12-25-13-27-23/h11,17-19H,3-10,12-14H2,1-2H3/t17-,18+,19+,20+,21-,22-,23-/m1/s1. The third-order valence-electron chi connectivity index (χ3n) is 9.96. The molecule has 0 aromatic heterocycles. The van der Waals surface area contributed by atoms with Crippen molar-refractivity contribution in [3.63, 3.8) is 0 Å². The van der Waals surface area contributed by atoms with Gasteiger partial charge in [-0.05, 0) is 74.2 Å². The molecule has 2 heterocycles. The number of carbonyl (C=O) groups is 1. The second-order valence-electron chi connectivity index (χ2n) is 10.6. The van der Waals surface area contributed by atoms with Gasteiger partial charge >= 0.3 is 0 Å². The normalized spacial score (nSPS) is 55.3. The maximum absolute atomic E-state index is 12.0. The van der Waals surface area contributed by atoms with Crippen LogP contribution in [0, 0.1) is 28.6 Å². The van der Waals surface area contributed by atoms with Gasteiger partial charge in [0.2, 0.25) is 5.79 Å². The zero-order valence-electron chi connectivity index (χ0n) is 17.1. The molecule has 4 aliphatic carbocycles. The molecule has 6 aliphatic rings. The van der Waals surface area contributed by atoms with Crippen LogP contribution < -0.4 is 0 Å². The van der Waals surface area contributed by atoms with E-state index in [1.165, 1.54) is 24.8 Å². The molecular weight excluding hydrogens is 356 g/mol. The molecule has 0 amide bonds. The molecule has 0 N–H and O–H groups in total. The van der Waals surface area contributed by atoms with Gasteiger partial charge in [0.25, 0.3) is 0 Å². The van der Waals surface area contributed by atoms with Crippen LogP contribution in [0.15, 0.2) is 11.6 Å². The average Bonchev–Trinajstić information content (AvgIpc) is 3.37. The Morgan fingerprint density at radius 1 is 0.929 bits per heavy atom. The monoisotopic (exact) mass is 388 g/mol. The Morgan fingerprint density at radius 2 is 1.75 bits per heavy atom. The Hall–Kier alpha value is -0.750. The van der Waals surface area contributed by atoms with E-state index in [9.17, 15) is 4.79 Å². The van der Waals surface area contributed by atoms with Crippen molar-refractivity contribution < 1.29 is 23.7 Å². The van der Waals surface area contributed by atoms with Gasteiger partial charge in [-0.25, -0.2) is 0 Å². The summed E-state index contributed by atoms with van der Waals surface area (Å²) in [5.41, 5.74) is 1.32. The van der Waals surface area contributed by atoms with E-state index in [-0.39, 0.29) is 16.4 Å². The molecule has 7 atom stereocenters. The van der Waals surface area contributed by atoms with Crippen LogP contribution in [0.25, 0.3) is 0 Å². The molecule has 3 saturated carbocycles. The van der Waals surface area contributed by atoms with Crippen LogP contribution in [-0.2, 0) is 23.7 Å². The number of rotatable bonds is 0. The summed E-state index contributed by atoms with van der Waals surface area (Å²) < 4.78 is 24.3. The van der Waals surface area contributed by atoms with E-state index in [1.807, 2.05) is 6.08 Å². The summed E-state index contributed by atoms with van der Waals surface area (Å²) in [4.78, 5) is 12.0. The van der Waals surface area contributed by atoms with Crippen LogP contribution in [0.4, 0.5) is 0 Å². The quantitative estimate of drug-likeness (QED) is 0.629. The van der Waals surface area contributed by atoms with Crippen molar-refractivity contribution in [3.05, 3.63) is 11.6 Å². The molecule has 5 heteroatoms. The van der Waals surface area contributed by atoms with E-state index >= 15 is 0 Å². The van der Waals surface area contributed by atoms with E-state index in [0.29, 0.717) is 43.7 Å². The van der Waals surface area contributed by atoms with Gasteiger partial charge in [-0.1, -0.05) is 19.4 Å². The summed E-state index contributed by atoms with van der Waals surface area (Å²) in [6.45, 7) is 5.98. The SMILES string of the molecule is C[C@]12CCC(=O)C=C1CC[C@@H]1[C@@H]2CC[C@]2(C)[C@H]1CC[C@@]21OCO[C@]12COCO2. The average molecular weight is 389 g/mol. The number of carbonyl (C=O) groups excluding carboxylic acids is 1. The Bertz CT molecular complexity index is 734. The molecule has 5 nitrogen and oxygen atoms in total. The summed E-state index contributed by atoms with van der Waals surface area (Å²) in [5.74, 6) is 1.64. The van der Waals surface area contributed by atoms with Gasteiger partial charge in [-0.15, -0.1) is 0 Å². The number of fused-ring (bicyclic) bond motifs is 7. The van der Waals surface area contributed by atoms with Crippen molar-refractivity contribution in [1.82, 2.24) is 0 Å². The maximum Gasteiger partial charge on any atom is 0.226 e. The number of hydrogen-bond acceptors (Lipinski definition) is 5. The van der Waals surface area contributed by atoms with Crippen molar-refractivity contribution in [3.8, 4) is 0 Å². The van der Waals surface area contributed by atoms with Crippen LogP contribution in [0.1, 0.15) is 65.2 Å². The van der Waals surface area contributed by atoms with Gasteiger partial charge in [0, 0.05) is 11.8 Å². The molecule has 2 aliphatic heterocycles. The minimum Gasteiger partial charge on any atom is -0.350 e. The highest BCUT2D eigenvalue weighted by Gasteiger charge is 2.75. The van der Waals surface area contributed by atoms with Crippen molar-refractivity contribution in [2.45, 2.75) is 76.6 Å². The first-order valence-corrected chi connectivity index (χ1v) is 11.2. The number of ketones is 1. The predicted octanol–water partition coefficient (Wildman–Crippen LogP) is 3.96. The highest BCUT2D eigenvalue weighted by Crippen LogP contribution is 2.71. The zero-order valence-corrected chi connectivity index (χ0v) is 17.1. The second kappa shape index (κ2) is 5.69. The van der Waals surface area contributed by atoms with Gasteiger partial charge in [0.15, 0.2) is 19.4 Å². The lowest BCUT2D eigenvalue weighted by Crippen LogP contribution is -2.63. The van der Waals surface area contributed by atoms with Crippen LogP contribution >= 0.6 is 0 Å². The van der Waals surface area contributed by atoms with Crippen LogP contribution in [-0.4, -0.2) is 37.4 Å². The molecule has 0 bridgehead atoms. The molecule has 0 aromatic rings. The minimum absolute atomic E-state index is 0.0560. The Morgan fingerprint density at radius 3 is 2.57 bits per heavy atom. The van der Waals surface area contributed by atoms with Crippen molar-refractivity contribution in [1.29, 1.82) is 0 Å². The number of allylic oxidation sites excluding steroid dienone is 1. The summed E-state index contributed by atoms with van der Waals surface area (Å²) in [7, 11) is 0. The van der Waals surface area contributed by atoms with E-state index in [4.69, 9.17) is 18.9 Å². The van der Waals surface area contributed by atoms with Crippen molar-refractivity contribution >= 4 is 5.78 Å². The first kappa shape index (κ1) is 18.1. The van der Waals surface area contributed by atoms with E-state index in [0.717, 1.165) is 32.1 Å². The molecule has 5 fully saturated rings. The highest BCUT2D eigenvalue weighted by molar-refractivity contribution is 5.91. The van der Waals surface area contributed by atoms with E-state index < -0.39 is 5.79 Å². The fourth-order valence-corrected chi connectivity index (χ4v) is 8.54. The molecule has 2 spiro atoms. The van der Waals surface area contributed by atoms with Gasteiger partial charge < -0.3 is 18.9 Å². The lowest BCUT2D eigenvalue weighted by Gasteiger charge is -2.60. The fraction of sp³-hybridized carbons (Fsp3) is 0.870. The Labute approximate surface area is 167 Å². The van der Waals surface area contributed by atoms with Gasteiger partial charge in [-0.3, -0.25) is 4.79 Å². The summed E-state index contributed by atoms with van der Waals surface area (Å²) in [6, 6.07) is 0. The molecule has 6 rings (SSSR count). The van der Waals surface area contributed by atoms with E-state index in [2.05, 4.69) is 13.8 Å². The fourth-order valence-electron chi connectivity index (χ4n) is 8.54. The molecule has 2 saturated heterocycles. The van der Waals surface area contributed by atoms with Gasteiger partial charge in [-0.2, -0.15) is 0 Å². The highest BCUT2D eigenvalue weighted by atomic mass is 16.9. The summed E-state index contributed by atoms with van der Waals surface area (Å²) in [6.07, 6.45) is 10.6. The zero-order chi connectivity index (χ0) is 19.2. The Balaban J connectivity index is 1.37. The lowest BCUT2D eigenvalue weighted by atomic mass is 9.46. The minimum atomic E-state index is -0.718. The van der Waals surface area contributed by atoms with Crippen LogP contribution in [0.3, 0.4) is 0 Å². The van der Waals surface area contributed by atoms with E-state index in [1.54, 1.807) is 0 Å². The molecule has 0 aromatic carbocycles. The second-order valence-corrected chi connectivity index (χ2v) is 10.6. The third-order valence-corrected chi connectivity index (χ3v) is 9.96. The van der Waals surface area contributed by atoms with Crippen LogP contribution in [0.5, 0.6) is 0 Å². The predicted molar refractivity (Wildman–Crippen MR) is 101 cm³/mol. The third kappa shape index (κ3) is 1.95. The Kier molecular flexibility index (Phi) is 3.67. The maximum atomic E-state index is 12.0. The van der Waals surface area contributed by atoms with Crippen molar-refractivity contribution in [2.75, 3.05) is 20.2 Å². The van der Waals surface area contributed by atoms with Crippen molar-refractivity contribution in [2.24, 2.45) is 28.6 Å². The topological polar surface area (TPSA) is 54.0 Å². The van der Waals surface area contributed by atoms with Gasteiger partial charge in [0.05, 0.1) is 0 Å². The molecule has 0 unspecified atom stereocenters. The first-order chi connectivity index (χ1) is 13.4. The first-order valence-electron chi connectivity index (χ1n) is 11.2. The summed E-state index contributed by atoms with van der Waals surface area (Å²) >= 11 is 0. The molecule has 0 radical (unpaired) electrons. The van der Waals surface area contributed by atoms with Crippen LogP contribution in [0.2, 0.25) is 0 Å². The molecule has 154 valence electrons. The molecular formula is C23H32O5. The number of hydrogen-bond donors (Lipinski definition) is 0. The van der Waals surface area contributed by atoms with Gasteiger partial charge in [0.1, 0.15) is 12.2 Å². The lowest BCUT2D eigenvalue weighted by molar-refractivity contribution is -0.248. The summed E-state index contributed by atoms with van der Waals surface area (Å²) in [5, 5.41) is 0.